The smallest absolute Gasteiger partial charge is 0.137 e. The van der Waals surface area contributed by atoms with Gasteiger partial charge in [-0.2, -0.15) is 0 Å². The van der Waals surface area contributed by atoms with Gasteiger partial charge in [-0.1, -0.05) is 109 Å². The molecule has 10 rings (SSSR count). The Kier molecular flexibility index (Phi) is 10.9. The summed E-state index contributed by atoms with van der Waals surface area (Å²) >= 11 is 0. The van der Waals surface area contributed by atoms with E-state index in [1.807, 2.05) is 36.5 Å². The number of aromatic nitrogens is 2. The summed E-state index contributed by atoms with van der Waals surface area (Å²) < 4.78 is 54.1. The van der Waals surface area contributed by atoms with Crippen molar-refractivity contribution in [2.45, 2.75) is 72.6 Å². The van der Waals surface area contributed by atoms with Crippen LogP contribution in [0, 0.1) is 24.4 Å². The molecular weight excluding hydrogens is 838 g/mol. The molecule has 0 radical (unpaired) electrons. The lowest BCUT2D eigenvalue weighted by atomic mass is 9.87. The Morgan fingerprint density at radius 2 is 1.25 bits per heavy atom. The molecular formula is C59H53F3N4O. The zero-order chi connectivity index (χ0) is 46.9. The van der Waals surface area contributed by atoms with Crippen molar-refractivity contribution in [3.63, 3.8) is 0 Å². The van der Waals surface area contributed by atoms with E-state index in [0.29, 0.717) is 23.7 Å². The van der Waals surface area contributed by atoms with Crippen LogP contribution in [0.3, 0.4) is 0 Å². The second-order valence-electron chi connectivity index (χ2n) is 19.4. The molecule has 0 aliphatic carbocycles. The number of hydrogen-bond acceptors (Lipinski definition) is 4. The molecule has 0 unspecified atom stereocenters. The van der Waals surface area contributed by atoms with Gasteiger partial charge in [-0.15, -0.1) is 0 Å². The van der Waals surface area contributed by atoms with Crippen LogP contribution in [-0.4, -0.2) is 16.2 Å². The Labute approximate surface area is 390 Å². The summed E-state index contributed by atoms with van der Waals surface area (Å²) in [6.07, 6.45) is 1.89. The number of fused-ring (bicyclic) bond motifs is 4. The van der Waals surface area contributed by atoms with E-state index < -0.39 is 17.5 Å². The monoisotopic (exact) mass is 890 g/mol. The number of halogens is 3. The number of ether oxygens (including phenoxy) is 1. The van der Waals surface area contributed by atoms with Gasteiger partial charge in [0.2, 0.25) is 0 Å². The van der Waals surface area contributed by atoms with Crippen molar-refractivity contribution in [1.82, 2.24) is 9.55 Å². The normalized spacial score (nSPS) is 12.9. The van der Waals surface area contributed by atoms with E-state index in [-0.39, 0.29) is 22.8 Å². The first-order valence-corrected chi connectivity index (χ1v) is 23.0. The van der Waals surface area contributed by atoms with Gasteiger partial charge in [0, 0.05) is 52.6 Å². The Bertz CT molecular complexity index is 3330. The van der Waals surface area contributed by atoms with Crippen LogP contribution in [0.15, 0.2) is 152 Å². The number of benzene rings is 7. The quantitative estimate of drug-likeness (QED) is 0.145. The lowest BCUT2D eigenvalue weighted by molar-refractivity contribution is 0.483. The number of para-hydroxylation sites is 3. The first-order chi connectivity index (χ1) is 32.1. The van der Waals surface area contributed by atoms with E-state index in [4.69, 9.17) is 9.72 Å². The van der Waals surface area contributed by atoms with Crippen LogP contribution in [-0.2, 0) is 5.41 Å². The minimum Gasteiger partial charge on any atom is -0.457 e. The van der Waals surface area contributed by atoms with Crippen LogP contribution in [0.5, 0.6) is 11.5 Å². The maximum atomic E-state index is 15.4. The molecule has 0 bridgehead atoms. The van der Waals surface area contributed by atoms with Gasteiger partial charge >= 0.3 is 0 Å². The van der Waals surface area contributed by atoms with Crippen LogP contribution in [0.25, 0.3) is 49.9 Å². The van der Waals surface area contributed by atoms with E-state index >= 15 is 8.78 Å². The van der Waals surface area contributed by atoms with Crippen molar-refractivity contribution in [3.05, 3.63) is 191 Å². The summed E-state index contributed by atoms with van der Waals surface area (Å²) in [5, 5.41) is 2.25. The molecule has 9 aromatic rings. The van der Waals surface area contributed by atoms with Gasteiger partial charge in [0.25, 0.3) is 0 Å². The minimum absolute atomic E-state index is 0.0147. The summed E-state index contributed by atoms with van der Waals surface area (Å²) in [5.74, 6) is -0.610. The van der Waals surface area contributed by atoms with E-state index in [2.05, 4.69) is 173 Å². The van der Waals surface area contributed by atoms with E-state index in [0.717, 1.165) is 90.3 Å². The van der Waals surface area contributed by atoms with Crippen LogP contribution >= 0.6 is 0 Å². The van der Waals surface area contributed by atoms with Crippen LogP contribution in [0.4, 0.5) is 35.9 Å². The van der Waals surface area contributed by atoms with Gasteiger partial charge in [-0.3, -0.25) is 4.57 Å². The fourth-order valence-electron chi connectivity index (χ4n) is 9.65. The second-order valence-corrected chi connectivity index (χ2v) is 19.4. The highest BCUT2D eigenvalue weighted by Gasteiger charge is 2.33. The molecule has 0 spiro atoms. The fraction of sp³-hybridized carbons (Fsp3) is 0.203. The maximum Gasteiger partial charge on any atom is 0.137 e. The van der Waals surface area contributed by atoms with Crippen molar-refractivity contribution in [2.24, 2.45) is 0 Å². The summed E-state index contributed by atoms with van der Waals surface area (Å²) in [6.45, 7) is 17.6. The molecule has 2 aromatic heterocycles. The van der Waals surface area contributed by atoms with E-state index in [1.165, 1.54) is 5.56 Å². The first kappa shape index (κ1) is 43.6. The summed E-state index contributed by atoms with van der Waals surface area (Å²) in [4.78, 5) is 9.51. The minimum atomic E-state index is -0.947. The third-order valence-corrected chi connectivity index (χ3v) is 13.0. The third kappa shape index (κ3) is 7.98. The van der Waals surface area contributed by atoms with Gasteiger partial charge in [0.05, 0.1) is 28.0 Å². The van der Waals surface area contributed by atoms with Crippen molar-refractivity contribution < 1.29 is 17.9 Å². The summed E-state index contributed by atoms with van der Waals surface area (Å²) in [6, 6.07) is 47.5. The van der Waals surface area contributed by atoms with Gasteiger partial charge in [0.1, 0.15) is 41.4 Å². The number of hydrogen-bond donors (Lipinski definition) is 0. The Balaban J connectivity index is 1.10. The fourth-order valence-corrected chi connectivity index (χ4v) is 9.65. The number of anilines is 4. The van der Waals surface area contributed by atoms with Gasteiger partial charge < -0.3 is 14.5 Å². The predicted molar refractivity (Wildman–Crippen MR) is 269 cm³/mol. The van der Waals surface area contributed by atoms with Crippen molar-refractivity contribution >= 4 is 44.6 Å². The van der Waals surface area contributed by atoms with Crippen LogP contribution < -0.4 is 14.5 Å². The van der Waals surface area contributed by atoms with Gasteiger partial charge in [-0.05, 0) is 124 Å². The van der Waals surface area contributed by atoms with Crippen LogP contribution in [0.1, 0.15) is 82.6 Å². The molecule has 67 heavy (non-hydrogen) atoms. The number of rotatable bonds is 9. The molecule has 3 heterocycles. The number of aryl methyl sites for hydroxylation is 1. The Morgan fingerprint density at radius 3 is 1.94 bits per heavy atom. The molecule has 0 fully saturated rings. The molecule has 0 amide bonds. The summed E-state index contributed by atoms with van der Waals surface area (Å²) in [5.41, 5.74) is 12.4. The molecule has 0 N–H and O–H groups in total. The third-order valence-electron chi connectivity index (χ3n) is 13.0. The zero-order valence-corrected chi connectivity index (χ0v) is 39.1. The SMILES string of the molecule is Cc1cccc(-c2cc(Oc3ccc4c5ccccc5n(-c5cc(C(C)(C)C)ccn5)c4c3)cc(N3CN(c4c(C(C)C)cc(-c5c(F)cc(F)cc5F)cc4C(C)C)c4ccccc43)c2)c1. The Hall–Kier alpha value is -7.32. The zero-order valence-electron chi connectivity index (χ0n) is 39.1. The molecule has 5 nitrogen and oxygen atoms in total. The lowest BCUT2D eigenvalue weighted by Gasteiger charge is -2.30. The maximum absolute atomic E-state index is 15.4. The number of pyridine rings is 1. The highest BCUT2D eigenvalue weighted by Crippen LogP contribution is 2.51. The average Bonchev–Trinajstić information content (AvgIpc) is 3.84. The average molecular weight is 891 g/mol. The van der Waals surface area contributed by atoms with Gasteiger partial charge in [-0.25, -0.2) is 18.2 Å². The highest BCUT2D eigenvalue weighted by molar-refractivity contribution is 6.09. The Morgan fingerprint density at radius 1 is 0.582 bits per heavy atom. The second kappa shape index (κ2) is 16.8. The molecule has 8 heteroatoms. The topological polar surface area (TPSA) is 33.5 Å². The molecule has 0 saturated heterocycles. The highest BCUT2D eigenvalue weighted by atomic mass is 19.1. The molecule has 0 saturated carbocycles. The molecule has 7 aromatic carbocycles. The standard InChI is InChI=1S/C59H53F3N4O/c1-35(2)48-27-40(57-50(61)30-42(60)31-51(57)62)28-49(36(3)4)58(48)65-34-64(53-18-11-12-19-54(53)65)43-25-39(38-15-13-14-37(5)24-38)26-45(32-43)67-44-20-21-47-46-16-9-10-17-52(46)66(55(47)33-44)56-29-41(22-23-63-56)59(6,7)8/h9-33,35-36H,34H2,1-8H3. The lowest BCUT2D eigenvalue weighted by Crippen LogP contribution is -2.26. The molecule has 1 aliphatic heterocycles. The van der Waals surface area contributed by atoms with Crippen molar-refractivity contribution in [2.75, 3.05) is 16.5 Å². The summed E-state index contributed by atoms with van der Waals surface area (Å²) in [7, 11) is 0. The van der Waals surface area contributed by atoms with Crippen molar-refractivity contribution in [3.8, 4) is 39.6 Å². The molecule has 0 atom stereocenters. The van der Waals surface area contributed by atoms with Crippen molar-refractivity contribution in [1.29, 1.82) is 0 Å². The van der Waals surface area contributed by atoms with E-state index in [9.17, 15) is 4.39 Å². The molecule has 1 aliphatic rings. The predicted octanol–water partition coefficient (Wildman–Crippen LogP) is 16.8. The van der Waals surface area contributed by atoms with Gasteiger partial charge in [0.15, 0.2) is 0 Å². The van der Waals surface area contributed by atoms with Crippen LogP contribution in [0.2, 0.25) is 0 Å². The molecule has 336 valence electrons. The largest absolute Gasteiger partial charge is 0.457 e. The van der Waals surface area contributed by atoms with E-state index in [1.54, 1.807) is 0 Å². The first-order valence-electron chi connectivity index (χ1n) is 23.0. The number of nitrogens with zero attached hydrogens (tertiary/aromatic N) is 4.